The SMILES string of the molecule is CC1CN(c2ncc[nH]c2=O)CC(C)O1. The van der Waals surface area contributed by atoms with E-state index in [4.69, 9.17) is 4.74 Å². The van der Waals surface area contributed by atoms with E-state index in [-0.39, 0.29) is 17.8 Å². The molecule has 1 saturated heterocycles. The topological polar surface area (TPSA) is 58.2 Å². The fraction of sp³-hybridized carbons (Fsp3) is 0.600. The van der Waals surface area contributed by atoms with E-state index < -0.39 is 0 Å². The van der Waals surface area contributed by atoms with Crippen LogP contribution in [0.2, 0.25) is 0 Å². The minimum absolute atomic E-state index is 0.134. The molecule has 15 heavy (non-hydrogen) atoms. The van der Waals surface area contributed by atoms with Gasteiger partial charge in [0.05, 0.1) is 12.2 Å². The lowest BCUT2D eigenvalue weighted by atomic mass is 10.2. The highest BCUT2D eigenvalue weighted by Gasteiger charge is 2.24. The summed E-state index contributed by atoms with van der Waals surface area (Å²) in [6.07, 6.45) is 3.41. The molecule has 2 heterocycles. The van der Waals surface area contributed by atoms with Crippen LogP contribution in [0.4, 0.5) is 5.82 Å². The number of hydrogen-bond donors (Lipinski definition) is 1. The average molecular weight is 209 g/mol. The number of ether oxygens (including phenoxy) is 1. The van der Waals surface area contributed by atoms with Crippen LogP contribution in [0.3, 0.4) is 0 Å². The molecule has 0 saturated carbocycles. The summed E-state index contributed by atoms with van der Waals surface area (Å²) in [7, 11) is 0. The van der Waals surface area contributed by atoms with Crippen molar-refractivity contribution in [3.8, 4) is 0 Å². The van der Waals surface area contributed by atoms with E-state index in [2.05, 4.69) is 9.97 Å². The monoisotopic (exact) mass is 209 g/mol. The molecule has 2 atom stereocenters. The Morgan fingerprint density at radius 2 is 2.13 bits per heavy atom. The molecule has 0 radical (unpaired) electrons. The van der Waals surface area contributed by atoms with Gasteiger partial charge in [0.15, 0.2) is 5.82 Å². The molecule has 1 N–H and O–H groups in total. The number of nitrogens with one attached hydrogen (secondary N) is 1. The summed E-state index contributed by atoms with van der Waals surface area (Å²) < 4.78 is 5.60. The van der Waals surface area contributed by atoms with Crippen molar-refractivity contribution in [1.29, 1.82) is 0 Å². The van der Waals surface area contributed by atoms with Crippen LogP contribution in [-0.4, -0.2) is 35.3 Å². The number of H-pyrrole nitrogens is 1. The third-order valence-electron chi connectivity index (χ3n) is 2.41. The number of aromatic amines is 1. The van der Waals surface area contributed by atoms with Gasteiger partial charge >= 0.3 is 0 Å². The van der Waals surface area contributed by atoms with Crippen molar-refractivity contribution in [3.63, 3.8) is 0 Å². The summed E-state index contributed by atoms with van der Waals surface area (Å²) in [5.74, 6) is 0.486. The lowest BCUT2D eigenvalue weighted by molar-refractivity contribution is -0.00554. The van der Waals surface area contributed by atoms with Crippen LogP contribution in [0, 0.1) is 0 Å². The quantitative estimate of drug-likeness (QED) is 0.726. The van der Waals surface area contributed by atoms with Gasteiger partial charge in [0.1, 0.15) is 0 Å². The number of morpholine rings is 1. The van der Waals surface area contributed by atoms with Crippen LogP contribution >= 0.6 is 0 Å². The Bertz CT molecular complexity index is 380. The molecule has 5 nitrogen and oxygen atoms in total. The Labute approximate surface area is 88.1 Å². The summed E-state index contributed by atoms with van der Waals surface area (Å²) in [4.78, 5) is 20.2. The molecule has 0 bridgehead atoms. The molecule has 1 aliphatic rings. The summed E-state index contributed by atoms with van der Waals surface area (Å²) in [6.45, 7) is 5.43. The molecule has 0 aromatic carbocycles. The summed E-state index contributed by atoms with van der Waals surface area (Å²) >= 11 is 0. The van der Waals surface area contributed by atoms with Crippen molar-refractivity contribution in [2.24, 2.45) is 0 Å². The summed E-state index contributed by atoms with van der Waals surface area (Å²) in [5.41, 5.74) is -0.140. The van der Waals surface area contributed by atoms with E-state index in [9.17, 15) is 4.79 Å². The van der Waals surface area contributed by atoms with Gasteiger partial charge in [0, 0.05) is 25.5 Å². The number of rotatable bonds is 1. The zero-order valence-corrected chi connectivity index (χ0v) is 8.93. The zero-order valence-electron chi connectivity index (χ0n) is 8.93. The van der Waals surface area contributed by atoms with Gasteiger partial charge in [-0.15, -0.1) is 0 Å². The summed E-state index contributed by atoms with van der Waals surface area (Å²) in [5, 5.41) is 0. The highest BCUT2D eigenvalue weighted by molar-refractivity contribution is 5.36. The molecule has 1 aromatic rings. The van der Waals surface area contributed by atoms with Gasteiger partial charge in [-0.2, -0.15) is 0 Å². The Hall–Kier alpha value is -1.36. The highest BCUT2D eigenvalue weighted by atomic mass is 16.5. The fourth-order valence-electron chi connectivity index (χ4n) is 1.92. The molecular weight excluding hydrogens is 194 g/mol. The van der Waals surface area contributed by atoms with Crippen LogP contribution in [0.5, 0.6) is 0 Å². The van der Waals surface area contributed by atoms with Gasteiger partial charge in [-0.3, -0.25) is 4.79 Å². The average Bonchev–Trinajstić information content (AvgIpc) is 2.16. The number of nitrogens with zero attached hydrogens (tertiary/aromatic N) is 2. The lowest BCUT2D eigenvalue weighted by Gasteiger charge is -2.35. The molecule has 2 rings (SSSR count). The minimum Gasteiger partial charge on any atom is -0.372 e. The first-order chi connectivity index (χ1) is 7.16. The normalized spacial score (nSPS) is 26.7. The second-order valence-corrected chi connectivity index (χ2v) is 3.90. The molecule has 0 amide bonds. The Morgan fingerprint density at radius 1 is 1.47 bits per heavy atom. The largest absolute Gasteiger partial charge is 0.372 e. The number of hydrogen-bond acceptors (Lipinski definition) is 4. The van der Waals surface area contributed by atoms with Gasteiger partial charge in [-0.05, 0) is 13.8 Å². The van der Waals surface area contributed by atoms with Gasteiger partial charge in [0.25, 0.3) is 5.56 Å². The van der Waals surface area contributed by atoms with E-state index in [1.54, 1.807) is 12.4 Å². The lowest BCUT2D eigenvalue weighted by Crippen LogP contribution is -2.47. The molecule has 82 valence electrons. The fourth-order valence-corrected chi connectivity index (χ4v) is 1.92. The van der Waals surface area contributed by atoms with Gasteiger partial charge in [-0.25, -0.2) is 4.98 Å². The third-order valence-corrected chi connectivity index (χ3v) is 2.41. The first-order valence-corrected chi connectivity index (χ1v) is 5.11. The van der Waals surface area contributed by atoms with Crippen molar-refractivity contribution in [3.05, 3.63) is 22.7 Å². The Morgan fingerprint density at radius 3 is 2.73 bits per heavy atom. The van der Waals surface area contributed by atoms with Crippen LogP contribution in [0.25, 0.3) is 0 Å². The Kier molecular flexibility index (Phi) is 2.73. The van der Waals surface area contributed by atoms with Gasteiger partial charge < -0.3 is 14.6 Å². The second-order valence-electron chi connectivity index (χ2n) is 3.90. The first-order valence-electron chi connectivity index (χ1n) is 5.11. The van der Waals surface area contributed by atoms with Crippen molar-refractivity contribution >= 4 is 5.82 Å². The first kappa shape index (κ1) is 10.2. The molecule has 2 unspecified atom stereocenters. The van der Waals surface area contributed by atoms with Crippen LogP contribution in [0.15, 0.2) is 17.2 Å². The molecule has 1 fully saturated rings. The molecule has 1 aromatic heterocycles. The van der Waals surface area contributed by atoms with E-state index in [0.29, 0.717) is 18.9 Å². The maximum Gasteiger partial charge on any atom is 0.290 e. The third kappa shape index (κ3) is 2.18. The highest BCUT2D eigenvalue weighted by Crippen LogP contribution is 2.14. The van der Waals surface area contributed by atoms with Crippen molar-refractivity contribution in [2.75, 3.05) is 18.0 Å². The maximum absolute atomic E-state index is 11.5. The van der Waals surface area contributed by atoms with E-state index in [1.165, 1.54) is 0 Å². The molecule has 1 aliphatic heterocycles. The van der Waals surface area contributed by atoms with Crippen molar-refractivity contribution in [1.82, 2.24) is 9.97 Å². The zero-order chi connectivity index (χ0) is 10.8. The van der Waals surface area contributed by atoms with Crippen LogP contribution in [-0.2, 0) is 4.74 Å². The molecular formula is C10H15N3O2. The van der Waals surface area contributed by atoms with Crippen LogP contribution in [0.1, 0.15) is 13.8 Å². The van der Waals surface area contributed by atoms with E-state index in [0.717, 1.165) is 0 Å². The number of aromatic nitrogens is 2. The maximum atomic E-state index is 11.5. The summed E-state index contributed by atoms with van der Waals surface area (Å²) in [6, 6.07) is 0. The van der Waals surface area contributed by atoms with Crippen molar-refractivity contribution in [2.45, 2.75) is 26.1 Å². The minimum atomic E-state index is -0.140. The predicted molar refractivity (Wildman–Crippen MR) is 57.1 cm³/mol. The predicted octanol–water partition coefficient (Wildman–Crippen LogP) is 0.383. The van der Waals surface area contributed by atoms with Crippen molar-refractivity contribution < 1.29 is 4.74 Å². The van der Waals surface area contributed by atoms with E-state index in [1.807, 2.05) is 18.7 Å². The van der Waals surface area contributed by atoms with E-state index >= 15 is 0 Å². The van der Waals surface area contributed by atoms with Crippen LogP contribution < -0.4 is 10.5 Å². The molecule has 5 heteroatoms. The second kappa shape index (κ2) is 4.02. The molecule has 0 aliphatic carbocycles. The Balaban J connectivity index is 2.24. The van der Waals surface area contributed by atoms with Gasteiger partial charge in [0.2, 0.25) is 0 Å². The molecule has 0 spiro atoms. The van der Waals surface area contributed by atoms with Gasteiger partial charge in [-0.1, -0.05) is 0 Å². The standard InChI is InChI=1S/C10H15N3O2/c1-7-5-13(6-8(2)15-7)9-10(14)12-4-3-11-9/h3-4,7-8H,5-6H2,1-2H3,(H,12,14). The smallest absolute Gasteiger partial charge is 0.290 e. The number of anilines is 1.